The predicted molar refractivity (Wildman–Crippen MR) is 151 cm³/mol. The SMILES string of the molecule is CCc1cc(CC)cc([Si](c2ccc(C)cc2)(c2ccc(C)cc2)C2(C)[C-]=C(C)C(C)=C2C)c1.[Cl-].[Cl-].[Cl-].[Ti+4]. The van der Waals surface area contributed by atoms with Gasteiger partial charge in [0.05, 0.1) is 0 Å². The fourth-order valence-corrected chi connectivity index (χ4v) is 11.9. The zero-order chi connectivity index (χ0) is 24.7. The third-order valence-corrected chi connectivity index (χ3v) is 13.9. The minimum atomic E-state index is -2.59. The molecule has 0 heterocycles. The molecule has 1 unspecified atom stereocenters. The van der Waals surface area contributed by atoms with E-state index in [9.17, 15) is 0 Å². The molecule has 0 saturated heterocycles. The molecular formula is C33H39Cl3SiTi. The van der Waals surface area contributed by atoms with E-state index in [-0.39, 0.29) is 64.0 Å². The van der Waals surface area contributed by atoms with Crippen LogP contribution >= 0.6 is 0 Å². The standard InChI is InChI=1S/C33H39Si.3ClH.Ti/c1-9-28-19-29(10-2)21-32(20-28)34(30-15-11-23(3)12-16-30,31-17-13-24(4)14-18-31)33(8)22-25(5)26(6)27(33)7;;;;/h11-21H,9-10H2,1-8H3;3*1H;/q-1;;;;+4/p-3. The van der Waals surface area contributed by atoms with Gasteiger partial charge >= 0.3 is 21.7 Å². The summed E-state index contributed by atoms with van der Waals surface area (Å²) >= 11 is 0. The normalized spacial score (nSPS) is 16.5. The Kier molecular flexibility index (Phi) is 14.1. The van der Waals surface area contributed by atoms with Crippen molar-refractivity contribution in [1.29, 1.82) is 0 Å². The van der Waals surface area contributed by atoms with Crippen LogP contribution in [-0.2, 0) is 34.6 Å². The molecule has 0 aliphatic heterocycles. The Morgan fingerprint density at radius 2 is 1.03 bits per heavy atom. The number of hydrogen-bond donors (Lipinski definition) is 0. The van der Waals surface area contributed by atoms with Gasteiger partial charge in [0.15, 0.2) is 0 Å². The molecule has 1 aliphatic carbocycles. The monoisotopic (exact) mass is 616 g/mol. The second-order valence-electron chi connectivity index (χ2n) is 10.4. The molecule has 0 aromatic heterocycles. The van der Waals surface area contributed by atoms with E-state index in [4.69, 9.17) is 0 Å². The van der Waals surface area contributed by atoms with Gasteiger partial charge in [-0.25, -0.2) is 5.57 Å². The van der Waals surface area contributed by atoms with Gasteiger partial charge in [0.2, 0.25) is 0 Å². The van der Waals surface area contributed by atoms with Crippen molar-refractivity contribution in [3.05, 3.63) is 112 Å². The van der Waals surface area contributed by atoms with Crippen molar-refractivity contribution in [2.75, 3.05) is 0 Å². The van der Waals surface area contributed by atoms with Crippen molar-refractivity contribution in [1.82, 2.24) is 0 Å². The molecule has 0 saturated carbocycles. The van der Waals surface area contributed by atoms with Crippen LogP contribution in [0.5, 0.6) is 0 Å². The summed E-state index contributed by atoms with van der Waals surface area (Å²) in [5.74, 6) is 0. The molecule has 0 bridgehead atoms. The summed E-state index contributed by atoms with van der Waals surface area (Å²) in [7, 11) is -2.59. The fraction of sp³-hybridized carbons (Fsp3) is 0.333. The summed E-state index contributed by atoms with van der Waals surface area (Å²) in [5, 5.41) is 4.26. The summed E-state index contributed by atoms with van der Waals surface area (Å²) in [6, 6.07) is 26.3. The smallest absolute Gasteiger partial charge is 1.00 e. The number of halogens is 3. The van der Waals surface area contributed by atoms with E-state index in [0.717, 1.165) is 12.8 Å². The van der Waals surface area contributed by atoms with E-state index in [1.165, 1.54) is 54.5 Å². The molecule has 0 N–H and O–H groups in total. The summed E-state index contributed by atoms with van der Waals surface area (Å²) < 4.78 is 0. The molecular weight excluding hydrogens is 579 g/mol. The first-order chi connectivity index (χ1) is 16.2. The number of aryl methyl sites for hydroxylation is 4. The second kappa shape index (κ2) is 14.5. The van der Waals surface area contributed by atoms with Crippen LogP contribution in [0.4, 0.5) is 0 Å². The minimum Gasteiger partial charge on any atom is -1.00 e. The Bertz CT molecular complexity index is 1210. The molecule has 0 radical (unpaired) electrons. The molecule has 200 valence electrons. The molecule has 3 aromatic carbocycles. The Labute approximate surface area is 265 Å². The van der Waals surface area contributed by atoms with Gasteiger partial charge in [-0.15, -0.1) is 6.92 Å². The van der Waals surface area contributed by atoms with Crippen LogP contribution in [0.25, 0.3) is 0 Å². The van der Waals surface area contributed by atoms with Gasteiger partial charge in [-0.3, -0.25) is 6.08 Å². The Balaban J connectivity index is 0.00000342. The zero-order valence-corrected chi connectivity index (χ0v) is 28.7. The van der Waals surface area contributed by atoms with Crippen molar-refractivity contribution in [2.24, 2.45) is 0 Å². The molecule has 0 amide bonds. The second-order valence-corrected chi connectivity index (χ2v) is 14.6. The van der Waals surface area contributed by atoms with Crippen molar-refractivity contribution in [3.63, 3.8) is 0 Å². The van der Waals surface area contributed by atoms with Crippen LogP contribution in [0.3, 0.4) is 0 Å². The molecule has 38 heavy (non-hydrogen) atoms. The van der Waals surface area contributed by atoms with E-state index in [1.807, 2.05) is 0 Å². The maximum Gasteiger partial charge on any atom is 4.00 e. The van der Waals surface area contributed by atoms with Gasteiger partial charge in [-0.1, -0.05) is 118 Å². The quantitative estimate of drug-likeness (QED) is 0.167. The number of allylic oxidation sites excluding steroid dienone is 4. The van der Waals surface area contributed by atoms with Crippen molar-refractivity contribution in [3.8, 4) is 0 Å². The van der Waals surface area contributed by atoms with Crippen LogP contribution in [0.2, 0.25) is 5.04 Å². The van der Waals surface area contributed by atoms with E-state index in [0.29, 0.717) is 0 Å². The van der Waals surface area contributed by atoms with Gasteiger partial charge in [0.25, 0.3) is 0 Å². The number of benzene rings is 3. The first kappa shape index (κ1) is 36.9. The third kappa shape index (κ3) is 6.14. The van der Waals surface area contributed by atoms with Crippen LogP contribution < -0.4 is 52.8 Å². The van der Waals surface area contributed by atoms with Crippen LogP contribution in [0, 0.1) is 19.9 Å². The first-order valence-corrected chi connectivity index (χ1v) is 14.7. The van der Waals surface area contributed by atoms with E-state index < -0.39 is 8.07 Å². The Morgan fingerprint density at radius 1 is 0.632 bits per heavy atom. The van der Waals surface area contributed by atoms with Gasteiger partial charge in [0.1, 0.15) is 8.07 Å². The summed E-state index contributed by atoms with van der Waals surface area (Å²) in [6.07, 6.45) is 6.18. The van der Waals surface area contributed by atoms with Gasteiger partial charge < -0.3 is 37.2 Å². The molecule has 5 heteroatoms. The topological polar surface area (TPSA) is 0 Å². The molecule has 0 spiro atoms. The summed E-state index contributed by atoms with van der Waals surface area (Å²) in [5.41, 5.74) is 9.67. The average molecular weight is 618 g/mol. The maximum atomic E-state index is 4.07. The van der Waals surface area contributed by atoms with Gasteiger partial charge in [0, 0.05) is 0 Å². The third-order valence-electron chi connectivity index (χ3n) is 8.33. The average Bonchev–Trinajstić information content (AvgIpc) is 3.04. The minimum absolute atomic E-state index is 0. The molecule has 4 rings (SSSR count). The Morgan fingerprint density at radius 3 is 1.34 bits per heavy atom. The van der Waals surface area contributed by atoms with Crippen LogP contribution in [0.15, 0.2) is 83.4 Å². The molecule has 1 aliphatic rings. The van der Waals surface area contributed by atoms with E-state index in [2.05, 4.69) is 128 Å². The molecule has 0 nitrogen and oxygen atoms in total. The summed E-state index contributed by atoms with van der Waals surface area (Å²) in [4.78, 5) is 0. The maximum absolute atomic E-state index is 4.07. The van der Waals surface area contributed by atoms with Gasteiger partial charge in [-0.2, -0.15) is 11.1 Å². The zero-order valence-electron chi connectivity index (χ0n) is 23.9. The van der Waals surface area contributed by atoms with Crippen molar-refractivity contribution < 1.29 is 58.9 Å². The van der Waals surface area contributed by atoms with Crippen molar-refractivity contribution >= 4 is 23.6 Å². The molecule has 3 aromatic rings. The Hall–Kier alpha value is -1.06. The summed E-state index contributed by atoms with van der Waals surface area (Å²) in [6.45, 7) is 18.3. The van der Waals surface area contributed by atoms with Crippen LogP contribution in [-0.4, -0.2) is 8.07 Å². The fourth-order valence-electron chi connectivity index (χ4n) is 5.95. The first-order valence-electron chi connectivity index (χ1n) is 12.7. The predicted octanol–water partition coefficient (Wildman–Crippen LogP) is -2.23. The van der Waals surface area contributed by atoms with Crippen molar-refractivity contribution in [2.45, 2.75) is 73.3 Å². The number of hydrogen-bond acceptors (Lipinski definition) is 0. The number of rotatable bonds is 6. The van der Waals surface area contributed by atoms with E-state index in [1.54, 1.807) is 0 Å². The molecule has 0 fully saturated rings. The largest absolute Gasteiger partial charge is 4.00 e. The van der Waals surface area contributed by atoms with Gasteiger partial charge in [-0.05, 0) is 53.4 Å². The molecule has 1 atom stereocenters. The van der Waals surface area contributed by atoms with E-state index >= 15 is 0 Å². The van der Waals surface area contributed by atoms with Crippen LogP contribution in [0.1, 0.15) is 63.8 Å².